The van der Waals surface area contributed by atoms with E-state index in [2.05, 4.69) is 31.1 Å². The zero-order valence-electron chi connectivity index (χ0n) is 19.5. The number of nitrogens with one attached hydrogen (secondary N) is 1. The van der Waals surface area contributed by atoms with Gasteiger partial charge in [-0.3, -0.25) is 9.69 Å². The number of azo groups is 1. The number of rotatable bonds is 6. The molecule has 4 aromatic rings. The second kappa shape index (κ2) is 9.99. The molecule has 2 heterocycles. The number of hydrogen-bond acceptors (Lipinski definition) is 6. The Hall–Kier alpha value is -4.17. The number of methoxy groups -OCH3 is 1. The minimum Gasteiger partial charge on any atom is -0.495 e. The van der Waals surface area contributed by atoms with Crippen molar-refractivity contribution in [3.05, 3.63) is 83.9 Å². The van der Waals surface area contributed by atoms with E-state index in [1.165, 1.54) is 0 Å². The van der Waals surface area contributed by atoms with Gasteiger partial charge in [0, 0.05) is 43.7 Å². The number of para-hydroxylation sites is 3. The number of hydrogen-bond donors (Lipinski definition) is 2. The summed E-state index contributed by atoms with van der Waals surface area (Å²) in [6, 6.07) is 22.9. The summed E-state index contributed by atoms with van der Waals surface area (Å²) in [6.45, 7) is 4.57. The van der Waals surface area contributed by atoms with E-state index in [1.807, 2.05) is 54.6 Å². The molecule has 0 aliphatic carbocycles. The van der Waals surface area contributed by atoms with Gasteiger partial charge in [-0.1, -0.05) is 42.5 Å². The second-order valence-electron chi connectivity index (χ2n) is 8.50. The first-order valence-corrected chi connectivity index (χ1v) is 11.6. The van der Waals surface area contributed by atoms with Crippen LogP contribution in [0.5, 0.6) is 11.6 Å². The summed E-state index contributed by atoms with van der Waals surface area (Å²) in [5, 5.41) is 18.6. The molecule has 1 aliphatic heterocycles. The van der Waals surface area contributed by atoms with Crippen molar-refractivity contribution in [2.24, 2.45) is 10.2 Å². The lowest BCUT2D eigenvalue weighted by Gasteiger charge is -2.36. The third-order valence-electron chi connectivity index (χ3n) is 6.31. The number of anilines is 1. The molecule has 0 saturated carbocycles. The van der Waals surface area contributed by atoms with Crippen molar-refractivity contribution in [3.8, 4) is 11.6 Å². The third-order valence-corrected chi connectivity index (χ3v) is 6.31. The lowest BCUT2D eigenvalue weighted by molar-refractivity contribution is 0.0995. The molecule has 1 fully saturated rings. The predicted octanol–water partition coefficient (Wildman–Crippen LogP) is 5.13. The van der Waals surface area contributed by atoms with E-state index >= 15 is 0 Å². The Morgan fingerprint density at radius 1 is 0.971 bits per heavy atom. The van der Waals surface area contributed by atoms with Gasteiger partial charge in [-0.25, -0.2) is 0 Å². The molecule has 0 spiro atoms. The summed E-state index contributed by atoms with van der Waals surface area (Å²) in [4.78, 5) is 20.1. The van der Waals surface area contributed by atoms with Crippen molar-refractivity contribution in [1.29, 1.82) is 0 Å². The molecule has 0 atom stereocenters. The molecule has 8 nitrogen and oxygen atoms in total. The predicted molar refractivity (Wildman–Crippen MR) is 136 cm³/mol. The van der Waals surface area contributed by atoms with Crippen LogP contribution in [0.15, 0.2) is 83.0 Å². The summed E-state index contributed by atoms with van der Waals surface area (Å²) in [5.41, 5.74) is 3.72. The molecule has 5 rings (SSSR count). The van der Waals surface area contributed by atoms with Crippen LogP contribution in [0.25, 0.3) is 10.9 Å². The topological polar surface area (TPSA) is 93.5 Å². The van der Waals surface area contributed by atoms with E-state index in [4.69, 9.17) is 4.74 Å². The molecule has 35 heavy (non-hydrogen) atoms. The second-order valence-corrected chi connectivity index (χ2v) is 8.50. The summed E-state index contributed by atoms with van der Waals surface area (Å²) in [7, 11) is 1.71. The fourth-order valence-corrected chi connectivity index (χ4v) is 4.42. The molecule has 1 aliphatic rings. The molecule has 178 valence electrons. The number of carbonyl (C=O) groups is 1. The largest absolute Gasteiger partial charge is 0.495 e. The highest BCUT2D eigenvalue weighted by Crippen LogP contribution is 2.35. The van der Waals surface area contributed by atoms with Gasteiger partial charge in [0.15, 0.2) is 5.69 Å². The van der Waals surface area contributed by atoms with E-state index in [9.17, 15) is 9.90 Å². The van der Waals surface area contributed by atoms with Crippen LogP contribution in [-0.4, -0.2) is 54.2 Å². The lowest BCUT2D eigenvalue weighted by atomic mass is 10.1. The van der Waals surface area contributed by atoms with Gasteiger partial charge in [0.2, 0.25) is 5.88 Å². The van der Waals surface area contributed by atoms with Gasteiger partial charge in [0.25, 0.3) is 5.91 Å². The number of aromatic nitrogens is 1. The van der Waals surface area contributed by atoms with Crippen molar-refractivity contribution >= 4 is 28.2 Å². The van der Waals surface area contributed by atoms with E-state index in [-0.39, 0.29) is 11.6 Å². The average Bonchev–Trinajstić information content (AvgIpc) is 3.23. The van der Waals surface area contributed by atoms with Crippen LogP contribution in [0, 0.1) is 0 Å². The van der Waals surface area contributed by atoms with Gasteiger partial charge in [0.1, 0.15) is 5.75 Å². The fraction of sp³-hybridized carbons (Fsp3) is 0.222. The van der Waals surface area contributed by atoms with E-state index in [0.29, 0.717) is 10.9 Å². The van der Waals surface area contributed by atoms with Gasteiger partial charge < -0.3 is 19.7 Å². The highest BCUT2D eigenvalue weighted by Gasteiger charge is 2.19. The van der Waals surface area contributed by atoms with Crippen molar-refractivity contribution in [1.82, 2.24) is 9.88 Å². The minimum atomic E-state index is -0.452. The van der Waals surface area contributed by atoms with Crippen LogP contribution in [0.1, 0.15) is 15.9 Å². The number of carbonyl (C=O) groups excluding carboxylic acids is 1. The smallest absolute Gasteiger partial charge is 0.295 e. The van der Waals surface area contributed by atoms with Crippen LogP contribution < -0.4 is 9.64 Å². The zero-order chi connectivity index (χ0) is 24.2. The normalized spacial score (nSPS) is 14.6. The molecule has 3 aromatic carbocycles. The van der Waals surface area contributed by atoms with Crippen LogP contribution >= 0.6 is 0 Å². The Kier molecular flexibility index (Phi) is 6.45. The first kappa shape index (κ1) is 22.6. The zero-order valence-corrected chi connectivity index (χ0v) is 19.5. The Labute approximate surface area is 203 Å². The van der Waals surface area contributed by atoms with Crippen molar-refractivity contribution in [2.45, 2.75) is 6.54 Å². The molecule has 2 N–H and O–H groups in total. The van der Waals surface area contributed by atoms with Crippen molar-refractivity contribution in [2.75, 3.05) is 38.2 Å². The number of aromatic amines is 1. The SMILES string of the molecule is COc1ccccc1N1CCN(Cc2ccc(C(=O)N=Nc3c(O)[nH]c4ccccc34)cc2)CC1. The number of benzene rings is 3. The maximum absolute atomic E-state index is 12.5. The van der Waals surface area contributed by atoms with E-state index < -0.39 is 5.91 Å². The fourth-order valence-electron chi connectivity index (χ4n) is 4.42. The molecule has 1 saturated heterocycles. The Morgan fingerprint density at radius 3 is 2.46 bits per heavy atom. The summed E-state index contributed by atoms with van der Waals surface area (Å²) < 4.78 is 5.50. The molecule has 1 aromatic heterocycles. The van der Waals surface area contributed by atoms with Crippen molar-refractivity contribution < 1.29 is 14.6 Å². The van der Waals surface area contributed by atoms with Crippen LogP contribution in [0.3, 0.4) is 0 Å². The maximum Gasteiger partial charge on any atom is 0.295 e. The molecular formula is C27H27N5O3. The standard InChI is InChI=1S/C27H27N5O3/c1-35-24-9-5-4-8-23(24)32-16-14-31(15-17-32)18-19-10-12-20(13-11-19)26(33)30-29-25-21-6-2-3-7-22(21)28-27(25)34/h2-13,28,34H,14-18H2,1H3. The van der Waals surface area contributed by atoms with Crippen LogP contribution in [0.2, 0.25) is 0 Å². The lowest BCUT2D eigenvalue weighted by Crippen LogP contribution is -2.46. The molecule has 0 bridgehead atoms. The Morgan fingerprint density at radius 2 is 1.69 bits per heavy atom. The van der Waals surface area contributed by atoms with Gasteiger partial charge >= 0.3 is 0 Å². The first-order valence-electron chi connectivity index (χ1n) is 11.6. The molecule has 1 amide bonds. The number of nitrogens with zero attached hydrogens (tertiary/aromatic N) is 4. The van der Waals surface area contributed by atoms with E-state index in [1.54, 1.807) is 19.2 Å². The van der Waals surface area contributed by atoms with Gasteiger partial charge in [-0.05, 0) is 35.9 Å². The highest BCUT2D eigenvalue weighted by molar-refractivity contribution is 5.96. The number of H-pyrrole nitrogens is 1. The number of ether oxygens (including phenoxy) is 1. The minimum absolute atomic E-state index is 0.107. The number of piperazine rings is 1. The quantitative estimate of drug-likeness (QED) is 0.382. The van der Waals surface area contributed by atoms with Gasteiger partial charge in [0.05, 0.1) is 18.3 Å². The van der Waals surface area contributed by atoms with Crippen LogP contribution in [0.4, 0.5) is 11.4 Å². The maximum atomic E-state index is 12.5. The van der Waals surface area contributed by atoms with Gasteiger partial charge in [-0.2, -0.15) is 0 Å². The molecule has 0 unspecified atom stereocenters. The molecular weight excluding hydrogens is 442 g/mol. The van der Waals surface area contributed by atoms with Crippen molar-refractivity contribution in [3.63, 3.8) is 0 Å². The summed E-state index contributed by atoms with van der Waals surface area (Å²) in [6.07, 6.45) is 0. The number of amides is 1. The first-order chi connectivity index (χ1) is 17.1. The molecule has 8 heteroatoms. The monoisotopic (exact) mass is 469 g/mol. The Bertz CT molecular complexity index is 1360. The summed E-state index contributed by atoms with van der Waals surface area (Å²) >= 11 is 0. The summed E-state index contributed by atoms with van der Waals surface area (Å²) in [5.74, 6) is 0.341. The Balaban J connectivity index is 1.18. The highest BCUT2D eigenvalue weighted by atomic mass is 16.5. The third kappa shape index (κ3) is 4.88. The number of fused-ring (bicyclic) bond motifs is 1. The van der Waals surface area contributed by atoms with Crippen LogP contribution in [-0.2, 0) is 6.54 Å². The number of aromatic hydroxyl groups is 1. The van der Waals surface area contributed by atoms with E-state index in [0.717, 1.165) is 55.2 Å². The molecule has 0 radical (unpaired) electrons. The average molecular weight is 470 g/mol. The van der Waals surface area contributed by atoms with Gasteiger partial charge in [-0.15, -0.1) is 10.2 Å².